The Kier molecular flexibility index (Phi) is 9.04. The maximum Gasteiger partial charge on any atom is 0.196 e. The van der Waals surface area contributed by atoms with Crippen molar-refractivity contribution in [3.63, 3.8) is 0 Å². The van der Waals surface area contributed by atoms with E-state index >= 15 is 0 Å². The highest BCUT2D eigenvalue weighted by Crippen LogP contribution is 2.48. The number of carbonyl (C=O) groups excluding carboxylic acids is 1. The van der Waals surface area contributed by atoms with Gasteiger partial charge in [0.15, 0.2) is 11.5 Å². The second-order valence-corrected chi connectivity index (χ2v) is 14.2. The Balaban J connectivity index is 0.00000205. The van der Waals surface area contributed by atoms with Crippen LogP contribution in [0.2, 0.25) is 0 Å². The van der Waals surface area contributed by atoms with Gasteiger partial charge in [0.25, 0.3) is 0 Å². The second-order valence-electron chi connectivity index (χ2n) is 14.2. The summed E-state index contributed by atoms with van der Waals surface area (Å²) in [6.07, 6.45) is 1.04. The number of ketones is 1. The van der Waals surface area contributed by atoms with E-state index in [4.69, 9.17) is 9.72 Å². The Labute approximate surface area is 289 Å². The topological polar surface area (TPSA) is 71.4 Å². The molecule has 0 amide bonds. The van der Waals surface area contributed by atoms with Gasteiger partial charge in [-0.1, -0.05) is 115 Å². The van der Waals surface area contributed by atoms with Crippen LogP contribution in [0.5, 0.6) is 17.2 Å². The molecule has 0 fully saturated rings. The minimum Gasteiger partial charge on any atom is -0.507 e. The van der Waals surface area contributed by atoms with E-state index in [9.17, 15) is 9.90 Å². The molecule has 0 radical (unpaired) electrons. The average Bonchev–Trinajstić information content (AvgIpc) is 3.08. The number of hydrogen-bond donors (Lipinski definition) is 2. The molecule has 5 nitrogen and oxygen atoms in total. The first-order valence-corrected chi connectivity index (χ1v) is 17.0. The summed E-state index contributed by atoms with van der Waals surface area (Å²) in [6.45, 7) is 15.4. The van der Waals surface area contributed by atoms with Crippen LogP contribution in [0.25, 0.3) is 33.3 Å². The van der Waals surface area contributed by atoms with Crippen LogP contribution in [-0.2, 0) is 5.41 Å². The summed E-state index contributed by atoms with van der Waals surface area (Å²) in [6, 6.07) is 36.8. The molecule has 49 heavy (non-hydrogen) atoms. The largest absolute Gasteiger partial charge is 0.507 e. The summed E-state index contributed by atoms with van der Waals surface area (Å²) in [5.41, 5.74) is 7.50. The van der Waals surface area contributed by atoms with Crippen LogP contribution in [0.3, 0.4) is 0 Å². The van der Waals surface area contributed by atoms with Gasteiger partial charge in [0.2, 0.25) is 0 Å². The van der Waals surface area contributed by atoms with Gasteiger partial charge < -0.3 is 15.2 Å². The summed E-state index contributed by atoms with van der Waals surface area (Å²) in [5, 5.41) is 15.1. The van der Waals surface area contributed by atoms with Gasteiger partial charge in [0, 0.05) is 28.3 Å². The lowest BCUT2D eigenvalue weighted by Gasteiger charge is -2.33. The molecule has 7 rings (SSSR count). The Morgan fingerprint density at radius 3 is 1.98 bits per heavy atom. The standard InChI is InChI=1S/C42H38N2O3.C2H6/c1-41(2,3)25-42(4,5)26-19-21-28(22-20-26)47-36-24-34(43-27-13-7-6-8-14-27)38-37-32(29-15-9-10-16-30(29)40(38)46)23-33(44-39(36)37)31-17-11-12-18-35(31)45;1-2/h6-24,43,45H,25H2,1-5H3;1-2H3. The summed E-state index contributed by atoms with van der Waals surface area (Å²) < 4.78 is 6.69. The monoisotopic (exact) mass is 648 g/mol. The fourth-order valence-electron chi connectivity index (χ4n) is 7.09. The van der Waals surface area contributed by atoms with E-state index in [1.807, 2.05) is 105 Å². The normalized spacial score (nSPS) is 12.2. The molecule has 6 aromatic rings. The minimum atomic E-state index is -0.0781. The van der Waals surface area contributed by atoms with Gasteiger partial charge in [-0.2, -0.15) is 0 Å². The number of rotatable bonds is 7. The number of aromatic nitrogens is 1. The van der Waals surface area contributed by atoms with E-state index in [0.717, 1.165) is 23.2 Å². The van der Waals surface area contributed by atoms with E-state index in [1.54, 1.807) is 12.1 Å². The number of para-hydroxylation sites is 2. The van der Waals surface area contributed by atoms with Crippen molar-refractivity contribution >= 4 is 28.1 Å². The molecule has 5 heteroatoms. The zero-order valence-corrected chi connectivity index (χ0v) is 29.4. The van der Waals surface area contributed by atoms with Gasteiger partial charge >= 0.3 is 0 Å². The van der Waals surface area contributed by atoms with E-state index in [0.29, 0.717) is 50.5 Å². The first kappa shape index (κ1) is 33.5. The zero-order valence-electron chi connectivity index (χ0n) is 29.4. The van der Waals surface area contributed by atoms with Crippen molar-refractivity contribution in [2.75, 3.05) is 5.32 Å². The van der Waals surface area contributed by atoms with Gasteiger partial charge in [0.05, 0.1) is 16.9 Å². The summed E-state index contributed by atoms with van der Waals surface area (Å²) >= 11 is 0. The van der Waals surface area contributed by atoms with Crippen LogP contribution >= 0.6 is 0 Å². The smallest absolute Gasteiger partial charge is 0.196 e. The van der Waals surface area contributed by atoms with Crippen molar-refractivity contribution in [3.05, 3.63) is 132 Å². The number of hydrogen-bond acceptors (Lipinski definition) is 5. The summed E-state index contributed by atoms with van der Waals surface area (Å²) in [4.78, 5) is 19.4. The molecule has 1 heterocycles. The van der Waals surface area contributed by atoms with Gasteiger partial charge in [-0.05, 0) is 76.4 Å². The minimum absolute atomic E-state index is 0.00824. The third-order valence-electron chi connectivity index (χ3n) is 8.81. The van der Waals surface area contributed by atoms with E-state index in [2.05, 4.69) is 52.1 Å². The van der Waals surface area contributed by atoms with Crippen LogP contribution in [-0.4, -0.2) is 15.9 Å². The first-order chi connectivity index (χ1) is 23.5. The van der Waals surface area contributed by atoms with Crippen LogP contribution in [0.15, 0.2) is 115 Å². The number of phenols is 1. The maximum atomic E-state index is 14.3. The van der Waals surface area contributed by atoms with Crippen LogP contribution in [0.4, 0.5) is 11.4 Å². The molecule has 1 aromatic heterocycles. The Morgan fingerprint density at radius 2 is 1.33 bits per heavy atom. The summed E-state index contributed by atoms with van der Waals surface area (Å²) in [7, 11) is 0. The number of fused-ring (bicyclic) bond motifs is 2. The predicted molar refractivity (Wildman–Crippen MR) is 202 cm³/mol. The molecule has 0 saturated heterocycles. The number of pyridine rings is 1. The van der Waals surface area contributed by atoms with Crippen LogP contribution in [0, 0.1) is 5.41 Å². The third-order valence-corrected chi connectivity index (χ3v) is 8.81. The molecule has 0 bridgehead atoms. The number of nitrogens with one attached hydrogen (secondary N) is 1. The molecular weight excluding hydrogens is 604 g/mol. The van der Waals surface area contributed by atoms with Crippen LogP contribution < -0.4 is 10.1 Å². The van der Waals surface area contributed by atoms with Gasteiger partial charge in [-0.3, -0.25) is 4.79 Å². The molecule has 248 valence electrons. The Hall–Kier alpha value is -5.42. The lowest BCUT2D eigenvalue weighted by Crippen LogP contribution is -2.24. The number of aromatic hydroxyl groups is 1. The number of anilines is 2. The van der Waals surface area contributed by atoms with Gasteiger partial charge in [0.1, 0.15) is 17.0 Å². The quantitative estimate of drug-likeness (QED) is 0.180. The number of carbonyl (C=O) groups is 1. The summed E-state index contributed by atoms with van der Waals surface area (Å²) in [5.74, 6) is 1.23. The predicted octanol–water partition coefficient (Wildman–Crippen LogP) is 12.1. The fraction of sp³-hybridized carbons (Fsp3) is 0.227. The second kappa shape index (κ2) is 13.2. The Morgan fingerprint density at radius 1 is 0.714 bits per heavy atom. The zero-order chi connectivity index (χ0) is 34.9. The lowest BCUT2D eigenvalue weighted by molar-refractivity contribution is 0.104. The Bertz CT molecular complexity index is 2140. The SMILES string of the molecule is CC.CC(C)(C)CC(C)(C)c1ccc(Oc2cc(Nc3ccccc3)c3c4c(cc(-c5ccccc5O)nc24)-c2ccccc2C3=O)cc1. The van der Waals surface area contributed by atoms with E-state index in [1.165, 1.54) is 5.56 Å². The third kappa shape index (κ3) is 6.66. The first-order valence-electron chi connectivity index (χ1n) is 17.0. The molecule has 5 aromatic carbocycles. The fourth-order valence-corrected chi connectivity index (χ4v) is 7.09. The molecule has 2 N–H and O–H groups in total. The maximum absolute atomic E-state index is 14.3. The highest BCUT2D eigenvalue weighted by atomic mass is 16.5. The van der Waals surface area contributed by atoms with E-state index in [-0.39, 0.29) is 22.4 Å². The molecule has 0 atom stereocenters. The molecule has 1 aliphatic rings. The van der Waals surface area contributed by atoms with Crippen LogP contribution in [0.1, 0.15) is 76.4 Å². The lowest BCUT2D eigenvalue weighted by atomic mass is 9.72. The number of phenolic OH excluding ortho intramolecular Hbond substituents is 1. The molecule has 0 aliphatic heterocycles. The number of ether oxygens (including phenoxy) is 1. The van der Waals surface area contributed by atoms with Crippen molar-refractivity contribution in [1.82, 2.24) is 4.98 Å². The molecule has 0 saturated carbocycles. The average molecular weight is 649 g/mol. The van der Waals surface area contributed by atoms with Crippen molar-refractivity contribution in [3.8, 4) is 39.6 Å². The van der Waals surface area contributed by atoms with Crippen molar-refractivity contribution in [2.45, 2.75) is 60.3 Å². The number of benzene rings is 5. The van der Waals surface area contributed by atoms with Crippen molar-refractivity contribution in [1.29, 1.82) is 0 Å². The molecule has 0 spiro atoms. The molecule has 0 unspecified atom stereocenters. The highest BCUT2D eigenvalue weighted by Gasteiger charge is 2.32. The van der Waals surface area contributed by atoms with E-state index < -0.39 is 0 Å². The number of nitrogens with zero attached hydrogens (tertiary/aromatic N) is 1. The van der Waals surface area contributed by atoms with Crippen molar-refractivity contribution in [2.24, 2.45) is 5.41 Å². The highest BCUT2D eigenvalue weighted by molar-refractivity contribution is 6.29. The molecule has 1 aliphatic carbocycles. The molecular formula is C44H44N2O3. The van der Waals surface area contributed by atoms with Gasteiger partial charge in [-0.25, -0.2) is 4.98 Å². The van der Waals surface area contributed by atoms with Gasteiger partial charge in [-0.15, -0.1) is 0 Å². The van der Waals surface area contributed by atoms with Crippen molar-refractivity contribution < 1.29 is 14.6 Å².